The highest BCUT2D eigenvalue weighted by Gasteiger charge is 2.26. The minimum absolute atomic E-state index is 0.00590. The summed E-state index contributed by atoms with van der Waals surface area (Å²) in [4.78, 5) is 19.8. The second-order valence-electron chi connectivity index (χ2n) is 6.03. The van der Waals surface area contributed by atoms with E-state index >= 15 is 0 Å². The van der Waals surface area contributed by atoms with Crippen LogP contribution in [0.4, 0.5) is 0 Å². The Morgan fingerprint density at radius 3 is 2.56 bits per heavy atom. The first-order valence-corrected chi connectivity index (χ1v) is 9.02. The van der Waals surface area contributed by atoms with Crippen LogP contribution in [0.1, 0.15) is 28.2 Å². The van der Waals surface area contributed by atoms with Crippen molar-refractivity contribution < 1.29 is 19.4 Å². The molecule has 134 valence electrons. The Morgan fingerprint density at radius 1 is 1.24 bits per heavy atom. The summed E-state index contributed by atoms with van der Waals surface area (Å²) in [6.07, 6.45) is 0.965. The molecule has 2 aromatic rings. The number of piperidine rings is 1. The molecule has 1 N–H and O–H groups in total. The highest BCUT2D eigenvalue weighted by Crippen LogP contribution is 2.35. The number of amides is 1. The summed E-state index contributed by atoms with van der Waals surface area (Å²) in [6.45, 7) is 3.03. The number of likely N-dealkylation sites (tertiary alicyclic amines) is 1. The van der Waals surface area contributed by atoms with Gasteiger partial charge in [-0.2, -0.15) is 0 Å². The number of aliphatic hydroxyl groups excluding tert-OH is 1. The average molecular weight is 362 g/mol. The molecule has 6 nitrogen and oxygen atoms in total. The number of carbonyl (C=O) groups excluding carboxylic acids is 1. The number of methoxy groups -OCH3 is 2. The molecule has 1 amide bonds. The van der Waals surface area contributed by atoms with Crippen LogP contribution in [0, 0.1) is 6.92 Å². The predicted molar refractivity (Wildman–Crippen MR) is 96.5 cm³/mol. The van der Waals surface area contributed by atoms with Gasteiger partial charge < -0.3 is 19.5 Å². The molecule has 0 saturated carbocycles. The Morgan fingerprint density at radius 2 is 1.92 bits per heavy atom. The van der Waals surface area contributed by atoms with E-state index in [9.17, 15) is 9.90 Å². The molecule has 0 aliphatic carbocycles. The van der Waals surface area contributed by atoms with E-state index in [-0.39, 0.29) is 12.0 Å². The van der Waals surface area contributed by atoms with E-state index in [0.717, 1.165) is 16.3 Å². The number of aliphatic hydroxyl groups is 1. The first-order valence-electron chi connectivity index (χ1n) is 8.20. The van der Waals surface area contributed by atoms with E-state index in [1.54, 1.807) is 19.1 Å². The van der Waals surface area contributed by atoms with Crippen LogP contribution in [0.25, 0.3) is 10.6 Å². The summed E-state index contributed by atoms with van der Waals surface area (Å²) in [5.74, 6) is 1.28. The van der Waals surface area contributed by atoms with Crippen molar-refractivity contribution >= 4 is 17.2 Å². The molecular formula is C18H22N2O4S. The maximum atomic E-state index is 12.8. The Kier molecular flexibility index (Phi) is 5.24. The third-order valence-electron chi connectivity index (χ3n) is 4.37. The molecule has 3 rings (SSSR count). The third kappa shape index (κ3) is 3.62. The minimum Gasteiger partial charge on any atom is -0.493 e. The van der Waals surface area contributed by atoms with Gasteiger partial charge in [0.25, 0.3) is 5.91 Å². The minimum atomic E-state index is -0.297. The van der Waals surface area contributed by atoms with Gasteiger partial charge in [-0.15, -0.1) is 11.3 Å². The van der Waals surface area contributed by atoms with Crippen LogP contribution in [0.5, 0.6) is 11.5 Å². The van der Waals surface area contributed by atoms with Crippen molar-refractivity contribution in [2.24, 2.45) is 0 Å². The van der Waals surface area contributed by atoms with Crippen molar-refractivity contribution in [3.63, 3.8) is 0 Å². The van der Waals surface area contributed by atoms with Gasteiger partial charge in [0, 0.05) is 18.7 Å². The molecule has 1 saturated heterocycles. The van der Waals surface area contributed by atoms with Crippen molar-refractivity contribution in [3.8, 4) is 22.1 Å². The van der Waals surface area contributed by atoms with Gasteiger partial charge in [0.05, 0.1) is 26.0 Å². The average Bonchev–Trinajstić information content (AvgIpc) is 3.02. The Bertz CT molecular complexity index is 766. The summed E-state index contributed by atoms with van der Waals surface area (Å²) < 4.78 is 10.6. The Hall–Kier alpha value is -2.12. The number of benzene rings is 1. The molecule has 0 spiro atoms. The fraction of sp³-hybridized carbons (Fsp3) is 0.444. The van der Waals surface area contributed by atoms with E-state index in [1.807, 2.05) is 25.1 Å². The maximum absolute atomic E-state index is 12.8. The number of aromatic nitrogens is 1. The van der Waals surface area contributed by atoms with Crippen LogP contribution in [0.15, 0.2) is 18.2 Å². The van der Waals surface area contributed by atoms with Crippen LogP contribution in [-0.2, 0) is 0 Å². The smallest absolute Gasteiger partial charge is 0.265 e. The zero-order valence-corrected chi connectivity index (χ0v) is 15.4. The zero-order valence-electron chi connectivity index (χ0n) is 14.6. The lowest BCUT2D eigenvalue weighted by molar-refractivity contribution is 0.0550. The van der Waals surface area contributed by atoms with Gasteiger partial charge in [-0.25, -0.2) is 4.98 Å². The van der Waals surface area contributed by atoms with Gasteiger partial charge in [-0.3, -0.25) is 4.79 Å². The third-order valence-corrected chi connectivity index (χ3v) is 5.57. The standard InChI is InChI=1S/C18H22N2O4S/c1-11-16(18(22)20-8-6-13(21)7-9-20)25-17(19-11)12-4-5-14(23-2)15(10-12)24-3/h4-5,10,13,21H,6-9H2,1-3H3. The zero-order chi connectivity index (χ0) is 18.0. The van der Waals surface area contributed by atoms with E-state index in [4.69, 9.17) is 9.47 Å². The van der Waals surface area contributed by atoms with Crippen LogP contribution in [-0.4, -0.2) is 54.3 Å². The number of thiazole rings is 1. The monoisotopic (exact) mass is 362 g/mol. The molecule has 0 unspecified atom stereocenters. The first kappa shape index (κ1) is 17.7. The lowest BCUT2D eigenvalue weighted by atomic mass is 10.1. The van der Waals surface area contributed by atoms with Gasteiger partial charge in [0.1, 0.15) is 9.88 Å². The molecule has 1 aromatic heterocycles. The molecule has 2 heterocycles. The van der Waals surface area contributed by atoms with Gasteiger partial charge >= 0.3 is 0 Å². The fourth-order valence-electron chi connectivity index (χ4n) is 2.90. The van der Waals surface area contributed by atoms with Crippen molar-refractivity contribution in [3.05, 3.63) is 28.8 Å². The number of carbonyl (C=O) groups is 1. The molecule has 0 atom stereocenters. The van der Waals surface area contributed by atoms with Crippen LogP contribution < -0.4 is 9.47 Å². The van der Waals surface area contributed by atoms with Gasteiger partial charge in [-0.1, -0.05) is 0 Å². The largest absolute Gasteiger partial charge is 0.493 e. The Labute approximate surface area is 151 Å². The second-order valence-corrected chi connectivity index (χ2v) is 7.03. The second kappa shape index (κ2) is 7.41. The van der Waals surface area contributed by atoms with Crippen LogP contribution in [0.2, 0.25) is 0 Å². The highest BCUT2D eigenvalue weighted by molar-refractivity contribution is 7.17. The number of hydrogen-bond acceptors (Lipinski definition) is 6. The summed E-state index contributed by atoms with van der Waals surface area (Å²) in [6, 6.07) is 5.60. The van der Waals surface area contributed by atoms with E-state index in [0.29, 0.717) is 42.3 Å². The number of rotatable bonds is 4. The van der Waals surface area contributed by atoms with E-state index in [2.05, 4.69) is 4.98 Å². The molecular weight excluding hydrogens is 340 g/mol. The maximum Gasteiger partial charge on any atom is 0.265 e. The molecule has 1 fully saturated rings. The summed E-state index contributed by atoms with van der Waals surface area (Å²) in [5.41, 5.74) is 1.62. The van der Waals surface area contributed by atoms with E-state index < -0.39 is 0 Å². The molecule has 0 bridgehead atoms. The normalized spacial score (nSPS) is 15.3. The quantitative estimate of drug-likeness (QED) is 0.905. The molecule has 7 heteroatoms. The van der Waals surface area contributed by atoms with Gasteiger partial charge in [0.15, 0.2) is 11.5 Å². The summed E-state index contributed by atoms with van der Waals surface area (Å²) >= 11 is 1.39. The van der Waals surface area contributed by atoms with Crippen molar-refractivity contribution in [1.29, 1.82) is 0 Å². The SMILES string of the molecule is COc1ccc(-c2nc(C)c(C(=O)N3CCC(O)CC3)s2)cc1OC. The predicted octanol–water partition coefficient (Wildman–Crippen LogP) is 2.73. The van der Waals surface area contributed by atoms with Crippen molar-refractivity contribution in [2.45, 2.75) is 25.9 Å². The van der Waals surface area contributed by atoms with Crippen LogP contribution in [0.3, 0.4) is 0 Å². The molecule has 25 heavy (non-hydrogen) atoms. The fourth-order valence-corrected chi connectivity index (χ4v) is 3.93. The number of aryl methyl sites for hydroxylation is 1. The summed E-state index contributed by atoms with van der Waals surface area (Å²) in [5, 5.41) is 10.4. The number of hydrogen-bond donors (Lipinski definition) is 1. The molecule has 0 radical (unpaired) electrons. The number of ether oxygens (including phenoxy) is 2. The topological polar surface area (TPSA) is 71.9 Å². The van der Waals surface area contributed by atoms with Crippen molar-refractivity contribution in [2.75, 3.05) is 27.3 Å². The molecule has 1 aliphatic heterocycles. The van der Waals surface area contributed by atoms with Crippen molar-refractivity contribution in [1.82, 2.24) is 9.88 Å². The van der Waals surface area contributed by atoms with Gasteiger partial charge in [0.2, 0.25) is 0 Å². The molecule has 1 aliphatic rings. The van der Waals surface area contributed by atoms with Crippen LogP contribution >= 0.6 is 11.3 Å². The van der Waals surface area contributed by atoms with Gasteiger partial charge in [-0.05, 0) is 38.0 Å². The first-order chi connectivity index (χ1) is 12.0. The summed E-state index contributed by atoms with van der Waals surface area (Å²) in [7, 11) is 3.19. The number of nitrogens with zero attached hydrogens (tertiary/aromatic N) is 2. The highest BCUT2D eigenvalue weighted by atomic mass is 32.1. The lowest BCUT2D eigenvalue weighted by Gasteiger charge is -2.29. The lowest BCUT2D eigenvalue weighted by Crippen LogP contribution is -2.39. The Balaban J connectivity index is 1.86. The molecule has 1 aromatic carbocycles. The van der Waals surface area contributed by atoms with E-state index in [1.165, 1.54) is 11.3 Å².